The smallest absolute Gasteiger partial charge is 0.385 e. The molecular formula is C21H28F3N3O2S. The number of halogens is 3. The van der Waals surface area contributed by atoms with E-state index >= 15 is 0 Å². The van der Waals surface area contributed by atoms with Gasteiger partial charge in [0.25, 0.3) is 0 Å². The zero-order chi connectivity index (χ0) is 21.9. The number of rotatable bonds is 7. The summed E-state index contributed by atoms with van der Waals surface area (Å²) >= 11 is 0. The van der Waals surface area contributed by atoms with Gasteiger partial charge in [0.15, 0.2) is 0 Å². The molecule has 0 atom stereocenters. The van der Waals surface area contributed by atoms with Gasteiger partial charge < -0.3 is 9.88 Å². The number of hydrogen-bond donors (Lipinski definition) is 2. The second-order valence-corrected chi connectivity index (χ2v) is 10.4. The maximum atomic E-state index is 13.4. The molecule has 1 aromatic carbocycles. The van der Waals surface area contributed by atoms with E-state index in [4.69, 9.17) is 0 Å². The van der Waals surface area contributed by atoms with Crippen molar-refractivity contribution in [3.63, 3.8) is 0 Å². The Morgan fingerprint density at radius 3 is 2.30 bits per heavy atom. The van der Waals surface area contributed by atoms with E-state index in [0.717, 1.165) is 31.7 Å². The normalized spacial score (nSPS) is 20.5. The SMILES string of the molecule is CC(C)S(=O)(=O)N[C@H]1CC[C@H](CNc2ccc(C(F)(F)F)c(-n3cccc3)c2)CC1. The van der Waals surface area contributed by atoms with Gasteiger partial charge in [0, 0.05) is 30.7 Å². The van der Waals surface area contributed by atoms with Gasteiger partial charge in [-0.25, -0.2) is 13.1 Å². The molecule has 5 nitrogen and oxygen atoms in total. The van der Waals surface area contributed by atoms with Crippen LogP contribution in [0.2, 0.25) is 0 Å². The highest BCUT2D eigenvalue weighted by atomic mass is 32.2. The Bertz CT molecular complexity index is 933. The lowest BCUT2D eigenvalue weighted by Gasteiger charge is -2.30. The van der Waals surface area contributed by atoms with Crippen LogP contribution in [0.4, 0.5) is 18.9 Å². The third kappa shape index (κ3) is 5.57. The third-order valence-corrected chi connectivity index (χ3v) is 7.48. The summed E-state index contributed by atoms with van der Waals surface area (Å²) in [6.07, 6.45) is 2.01. The number of hydrogen-bond acceptors (Lipinski definition) is 3. The van der Waals surface area contributed by atoms with Crippen LogP contribution in [0.25, 0.3) is 5.69 Å². The molecule has 30 heavy (non-hydrogen) atoms. The molecular weight excluding hydrogens is 415 g/mol. The fourth-order valence-electron chi connectivity index (χ4n) is 3.71. The molecule has 3 rings (SSSR count). The molecule has 0 bridgehead atoms. The molecule has 1 aromatic heterocycles. The van der Waals surface area contributed by atoms with E-state index < -0.39 is 27.0 Å². The second kappa shape index (κ2) is 9.01. The van der Waals surface area contributed by atoms with E-state index in [-0.39, 0.29) is 11.7 Å². The minimum absolute atomic E-state index is 0.0416. The first-order valence-electron chi connectivity index (χ1n) is 10.2. The van der Waals surface area contributed by atoms with Gasteiger partial charge in [0.1, 0.15) is 0 Å². The first-order chi connectivity index (χ1) is 14.1. The Hall–Kier alpha value is -2.00. The van der Waals surface area contributed by atoms with E-state index in [1.165, 1.54) is 16.7 Å². The molecule has 0 unspecified atom stereocenters. The van der Waals surface area contributed by atoms with Crippen molar-refractivity contribution in [3.05, 3.63) is 48.3 Å². The van der Waals surface area contributed by atoms with Crippen LogP contribution in [0.3, 0.4) is 0 Å². The molecule has 1 aliphatic carbocycles. The van der Waals surface area contributed by atoms with E-state index in [1.54, 1.807) is 38.4 Å². The number of alkyl halides is 3. The standard InChI is InChI=1S/C21H28F3N3O2S/c1-15(2)30(28,29)26-17-7-5-16(6-8-17)14-25-18-9-10-19(21(22,23)24)20(13-18)27-11-3-4-12-27/h3-4,9-13,15-17,25-26H,5-8,14H2,1-2H3/t16-,17-. The van der Waals surface area contributed by atoms with Gasteiger partial charge in [-0.15, -0.1) is 0 Å². The van der Waals surface area contributed by atoms with Gasteiger partial charge in [0.05, 0.1) is 16.5 Å². The van der Waals surface area contributed by atoms with Crippen LogP contribution < -0.4 is 10.0 Å². The number of nitrogens with one attached hydrogen (secondary N) is 2. The third-order valence-electron chi connectivity index (χ3n) is 5.58. The predicted molar refractivity (Wildman–Crippen MR) is 112 cm³/mol. The molecule has 166 valence electrons. The van der Waals surface area contributed by atoms with Gasteiger partial charge in [-0.05, 0) is 75.8 Å². The van der Waals surface area contributed by atoms with Crippen LogP contribution in [0.5, 0.6) is 0 Å². The predicted octanol–water partition coefficient (Wildman–Crippen LogP) is 4.79. The van der Waals surface area contributed by atoms with Crippen LogP contribution in [-0.2, 0) is 16.2 Å². The molecule has 0 radical (unpaired) electrons. The Kier molecular flexibility index (Phi) is 6.81. The van der Waals surface area contributed by atoms with Crippen molar-refractivity contribution in [2.45, 2.75) is 57.0 Å². The molecule has 0 amide bonds. The molecule has 9 heteroatoms. The van der Waals surface area contributed by atoms with Crippen molar-refractivity contribution >= 4 is 15.7 Å². The summed E-state index contributed by atoms with van der Waals surface area (Å²) < 4.78 is 68.4. The summed E-state index contributed by atoms with van der Waals surface area (Å²) in [5.41, 5.74) is 0.0424. The highest BCUT2D eigenvalue weighted by molar-refractivity contribution is 7.90. The van der Waals surface area contributed by atoms with Crippen LogP contribution in [0.1, 0.15) is 45.1 Å². The van der Waals surface area contributed by atoms with E-state index in [1.807, 2.05) is 0 Å². The Morgan fingerprint density at radius 2 is 1.73 bits per heavy atom. The van der Waals surface area contributed by atoms with Crippen molar-refractivity contribution in [1.29, 1.82) is 0 Å². The second-order valence-electron chi connectivity index (χ2n) is 8.13. The Morgan fingerprint density at radius 1 is 1.10 bits per heavy atom. The Balaban J connectivity index is 1.60. The first kappa shape index (κ1) is 22.7. The minimum atomic E-state index is -4.43. The summed E-state index contributed by atoms with van der Waals surface area (Å²) in [6, 6.07) is 7.41. The van der Waals surface area contributed by atoms with E-state index in [2.05, 4.69) is 10.0 Å². The highest BCUT2D eigenvalue weighted by Gasteiger charge is 2.34. The highest BCUT2D eigenvalue weighted by Crippen LogP contribution is 2.35. The lowest BCUT2D eigenvalue weighted by molar-refractivity contribution is -0.137. The van der Waals surface area contributed by atoms with Crippen molar-refractivity contribution in [1.82, 2.24) is 9.29 Å². The number of aromatic nitrogens is 1. The molecule has 0 saturated heterocycles. The van der Waals surface area contributed by atoms with Crippen molar-refractivity contribution < 1.29 is 21.6 Å². The lowest BCUT2D eigenvalue weighted by Crippen LogP contribution is -2.41. The van der Waals surface area contributed by atoms with E-state index in [9.17, 15) is 21.6 Å². The fourth-order valence-corrected chi connectivity index (χ4v) is 4.68. The summed E-state index contributed by atoms with van der Waals surface area (Å²) in [7, 11) is -3.27. The molecule has 1 fully saturated rings. The van der Waals surface area contributed by atoms with E-state index in [0.29, 0.717) is 18.2 Å². The van der Waals surface area contributed by atoms with Crippen molar-refractivity contribution in [2.24, 2.45) is 5.92 Å². The van der Waals surface area contributed by atoms with Crippen LogP contribution in [0.15, 0.2) is 42.7 Å². The number of anilines is 1. The largest absolute Gasteiger partial charge is 0.418 e. The van der Waals surface area contributed by atoms with Crippen LogP contribution in [-0.4, -0.2) is 30.8 Å². The maximum Gasteiger partial charge on any atom is 0.418 e. The van der Waals surface area contributed by atoms with Crippen LogP contribution in [0, 0.1) is 5.92 Å². The summed E-state index contributed by atoms with van der Waals surface area (Å²) in [5.74, 6) is 0.349. The number of benzene rings is 1. The molecule has 1 saturated carbocycles. The summed E-state index contributed by atoms with van der Waals surface area (Å²) in [5, 5.41) is 2.80. The zero-order valence-corrected chi connectivity index (χ0v) is 17.9. The van der Waals surface area contributed by atoms with Crippen LogP contribution >= 0.6 is 0 Å². The first-order valence-corrected chi connectivity index (χ1v) is 11.7. The van der Waals surface area contributed by atoms with Gasteiger partial charge in [-0.1, -0.05) is 0 Å². The summed E-state index contributed by atoms with van der Waals surface area (Å²) in [4.78, 5) is 0. The van der Waals surface area contributed by atoms with Gasteiger partial charge >= 0.3 is 6.18 Å². The number of sulfonamides is 1. The van der Waals surface area contributed by atoms with Crippen molar-refractivity contribution in [3.8, 4) is 5.69 Å². The monoisotopic (exact) mass is 443 g/mol. The van der Waals surface area contributed by atoms with Gasteiger partial charge in [-0.2, -0.15) is 13.2 Å². The minimum Gasteiger partial charge on any atom is -0.385 e. The average Bonchev–Trinajstić information content (AvgIpc) is 3.21. The molecule has 0 spiro atoms. The molecule has 2 N–H and O–H groups in total. The Labute approximate surface area is 175 Å². The zero-order valence-electron chi connectivity index (χ0n) is 17.1. The lowest BCUT2D eigenvalue weighted by atomic mass is 9.86. The van der Waals surface area contributed by atoms with Gasteiger partial charge in [-0.3, -0.25) is 0 Å². The topological polar surface area (TPSA) is 63.1 Å². The molecule has 1 heterocycles. The van der Waals surface area contributed by atoms with Gasteiger partial charge in [0.2, 0.25) is 10.0 Å². The average molecular weight is 444 g/mol. The van der Waals surface area contributed by atoms with Crippen molar-refractivity contribution in [2.75, 3.05) is 11.9 Å². The molecule has 2 aromatic rings. The maximum absolute atomic E-state index is 13.4. The summed E-state index contributed by atoms with van der Waals surface area (Å²) in [6.45, 7) is 3.95. The quantitative estimate of drug-likeness (QED) is 0.647. The molecule has 0 aliphatic heterocycles. The molecule has 1 aliphatic rings. The number of nitrogens with zero attached hydrogens (tertiary/aromatic N) is 1. The fraction of sp³-hybridized carbons (Fsp3) is 0.524.